The zero-order valence-corrected chi connectivity index (χ0v) is 10.9. The van der Waals surface area contributed by atoms with Crippen LogP contribution in [-0.4, -0.2) is 24.7 Å². The number of nitrogens with one attached hydrogen (secondary N) is 1. The zero-order chi connectivity index (χ0) is 11.2. The molecule has 1 aliphatic heterocycles. The predicted octanol–water partition coefficient (Wildman–Crippen LogP) is 2.61. The second kappa shape index (κ2) is 6.21. The number of hydrogen-bond donors (Lipinski definition) is 1. The maximum Gasteiger partial charge on any atom is 0.214 e. The van der Waals surface area contributed by atoms with Crippen molar-refractivity contribution in [3.63, 3.8) is 0 Å². The molecule has 1 atom stereocenters. The van der Waals surface area contributed by atoms with Gasteiger partial charge in [0, 0.05) is 6.07 Å². The van der Waals surface area contributed by atoms with Gasteiger partial charge in [-0.05, 0) is 60.3 Å². The van der Waals surface area contributed by atoms with Crippen molar-refractivity contribution in [2.75, 3.05) is 19.7 Å². The van der Waals surface area contributed by atoms with Crippen molar-refractivity contribution >= 4 is 15.9 Å². The standard InChI is InChI=1S/C12H17BrN2O/c13-11-4-1-5-12(15-11)16-8-6-10-3-2-7-14-9-10/h1,4-5,10,14H,2-3,6-9H2. The molecule has 2 heterocycles. The van der Waals surface area contributed by atoms with Crippen LogP contribution in [0.25, 0.3) is 0 Å². The van der Waals surface area contributed by atoms with Gasteiger partial charge < -0.3 is 10.1 Å². The first kappa shape index (κ1) is 11.9. The molecule has 0 amide bonds. The van der Waals surface area contributed by atoms with E-state index in [1.165, 1.54) is 19.4 Å². The Kier molecular flexibility index (Phi) is 4.60. The van der Waals surface area contributed by atoms with E-state index >= 15 is 0 Å². The van der Waals surface area contributed by atoms with E-state index < -0.39 is 0 Å². The molecular weight excluding hydrogens is 268 g/mol. The number of piperidine rings is 1. The number of aromatic nitrogens is 1. The van der Waals surface area contributed by atoms with Crippen molar-refractivity contribution in [1.82, 2.24) is 10.3 Å². The predicted molar refractivity (Wildman–Crippen MR) is 67.6 cm³/mol. The molecule has 0 bridgehead atoms. The third-order valence-corrected chi connectivity index (χ3v) is 3.31. The van der Waals surface area contributed by atoms with Crippen LogP contribution in [0.5, 0.6) is 5.88 Å². The highest BCUT2D eigenvalue weighted by molar-refractivity contribution is 9.10. The summed E-state index contributed by atoms with van der Waals surface area (Å²) in [5, 5.41) is 3.41. The average Bonchev–Trinajstić information content (AvgIpc) is 2.30. The van der Waals surface area contributed by atoms with Crippen molar-refractivity contribution in [3.8, 4) is 5.88 Å². The summed E-state index contributed by atoms with van der Waals surface area (Å²) in [5.74, 6) is 1.47. The second-order valence-corrected chi connectivity index (χ2v) is 4.96. The number of halogens is 1. The van der Waals surface area contributed by atoms with E-state index in [2.05, 4.69) is 26.2 Å². The smallest absolute Gasteiger partial charge is 0.214 e. The van der Waals surface area contributed by atoms with E-state index in [4.69, 9.17) is 4.74 Å². The minimum absolute atomic E-state index is 0.707. The Hall–Kier alpha value is -0.610. The van der Waals surface area contributed by atoms with Gasteiger partial charge in [-0.25, -0.2) is 4.98 Å². The Morgan fingerprint density at radius 1 is 1.50 bits per heavy atom. The Morgan fingerprint density at radius 2 is 2.44 bits per heavy atom. The molecule has 1 N–H and O–H groups in total. The van der Waals surface area contributed by atoms with Crippen LogP contribution in [0.3, 0.4) is 0 Å². The number of ether oxygens (including phenoxy) is 1. The SMILES string of the molecule is Brc1cccc(OCCC2CCCNC2)n1. The van der Waals surface area contributed by atoms with Crippen LogP contribution >= 0.6 is 15.9 Å². The van der Waals surface area contributed by atoms with Gasteiger partial charge in [0.05, 0.1) is 6.61 Å². The van der Waals surface area contributed by atoms with Gasteiger partial charge in [0.25, 0.3) is 0 Å². The molecule has 1 aromatic rings. The van der Waals surface area contributed by atoms with Gasteiger partial charge in [0.15, 0.2) is 0 Å². The van der Waals surface area contributed by atoms with Crippen LogP contribution in [-0.2, 0) is 0 Å². The molecule has 0 saturated carbocycles. The summed E-state index contributed by atoms with van der Waals surface area (Å²) >= 11 is 3.33. The Balaban J connectivity index is 1.71. The zero-order valence-electron chi connectivity index (χ0n) is 9.29. The quantitative estimate of drug-likeness (QED) is 0.863. The molecule has 2 rings (SSSR count). The largest absolute Gasteiger partial charge is 0.478 e. The average molecular weight is 285 g/mol. The molecule has 0 radical (unpaired) electrons. The van der Waals surface area contributed by atoms with Crippen LogP contribution in [0.15, 0.2) is 22.8 Å². The number of hydrogen-bond acceptors (Lipinski definition) is 3. The minimum atomic E-state index is 0.707. The molecule has 1 aliphatic rings. The molecule has 0 aromatic carbocycles. The summed E-state index contributed by atoms with van der Waals surface area (Å²) in [4.78, 5) is 4.23. The summed E-state index contributed by atoms with van der Waals surface area (Å²) in [6, 6.07) is 5.73. The highest BCUT2D eigenvalue weighted by atomic mass is 79.9. The van der Waals surface area contributed by atoms with Gasteiger partial charge in [-0.1, -0.05) is 6.07 Å². The molecule has 1 saturated heterocycles. The van der Waals surface area contributed by atoms with E-state index in [0.717, 1.165) is 30.1 Å². The summed E-state index contributed by atoms with van der Waals surface area (Å²) < 4.78 is 6.44. The highest BCUT2D eigenvalue weighted by Gasteiger charge is 2.12. The maximum atomic E-state index is 5.62. The molecule has 3 nitrogen and oxygen atoms in total. The normalized spacial score (nSPS) is 20.7. The van der Waals surface area contributed by atoms with Gasteiger partial charge in [-0.15, -0.1) is 0 Å². The number of nitrogens with zero attached hydrogens (tertiary/aromatic N) is 1. The van der Waals surface area contributed by atoms with Crippen molar-refractivity contribution in [1.29, 1.82) is 0 Å². The van der Waals surface area contributed by atoms with Crippen LogP contribution in [0.1, 0.15) is 19.3 Å². The fourth-order valence-electron chi connectivity index (χ4n) is 1.97. The van der Waals surface area contributed by atoms with Crippen LogP contribution in [0, 0.1) is 5.92 Å². The summed E-state index contributed by atoms with van der Waals surface area (Å²) in [6.07, 6.45) is 3.73. The monoisotopic (exact) mass is 284 g/mol. The second-order valence-electron chi connectivity index (χ2n) is 4.15. The summed E-state index contributed by atoms with van der Waals surface area (Å²) in [7, 11) is 0. The lowest BCUT2D eigenvalue weighted by atomic mass is 9.97. The van der Waals surface area contributed by atoms with Crippen LogP contribution in [0.2, 0.25) is 0 Å². The number of rotatable bonds is 4. The lowest BCUT2D eigenvalue weighted by Gasteiger charge is -2.22. The Labute approximate surface area is 105 Å². The molecule has 1 unspecified atom stereocenters. The number of pyridine rings is 1. The lowest BCUT2D eigenvalue weighted by molar-refractivity contribution is 0.247. The summed E-state index contributed by atoms with van der Waals surface area (Å²) in [5.41, 5.74) is 0. The van der Waals surface area contributed by atoms with Gasteiger partial charge in [-0.2, -0.15) is 0 Å². The van der Waals surface area contributed by atoms with E-state index in [9.17, 15) is 0 Å². The molecule has 88 valence electrons. The maximum absolute atomic E-state index is 5.62. The van der Waals surface area contributed by atoms with Gasteiger partial charge in [-0.3, -0.25) is 0 Å². The molecule has 0 spiro atoms. The topological polar surface area (TPSA) is 34.1 Å². The fourth-order valence-corrected chi connectivity index (χ4v) is 2.30. The van der Waals surface area contributed by atoms with Crippen molar-refractivity contribution in [2.24, 2.45) is 5.92 Å². The first-order valence-corrected chi connectivity index (χ1v) is 6.60. The van der Waals surface area contributed by atoms with E-state index in [1.807, 2.05) is 18.2 Å². The van der Waals surface area contributed by atoms with Crippen molar-refractivity contribution in [2.45, 2.75) is 19.3 Å². The van der Waals surface area contributed by atoms with Crippen molar-refractivity contribution < 1.29 is 4.74 Å². The van der Waals surface area contributed by atoms with E-state index in [1.54, 1.807) is 0 Å². The van der Waals surface area contributed by atoms with Crippen molar-refractivity contribution in [3.05, 3.63) is 22.8 Å². The van der Waals surface area contributed by atoms with Crippen LogP contribution < -0.4 is 10.1 Å². The van der Waals surface area contributed by atoms with E-state index in [0.29, 0.717) is 5.88 Å². The first-order chi connectivity index (χ1) is 7.84. The fraction of sp³-hybridized carbons (Fsp3) is 0.583. The molecule has 1 aromatic heterocycles. The molecule has 4 heteroatoms. The van der Waals surface area contributed by atoms with Gasteiger partial charge >= 0.3 is 0 Å². The van der Waals surface area contributed by atoms with Gasteiger partial charge in [0.1, 0.15) is 4.60 Å². The highest BCUT2D eigenvalue weighted by Crippen LogP contribution is 2.16. The lowest BCUT2D eigenvalue weighted by Crippen LogP contribution is -2.30. The van der Waals surface area contributed by atoms with Crippen LogP contribution in [0.4, 0.5) is 0 Å². The Bertz CT molecular complexity index is 327. The summed E-state index contributed by atoms with van der Waals surface area (Å²) in [6.45, 7) is 3.07. The molecular formula is C12H17BrN2O. The molecule has 0 aliphatic carbocycles. The third kappa shape index (κ3) is 3.76. The minimum Gasteiger partial charge on any atom is -0.478 e. The third-order valence-electron chi connectivity index (χ3n) is 2.86. The molecule has 16 heavy (non-hydrogen) atoms. The van der Waals surface area contributed by atoms with Gasteiger partial charge in [0.2, 0.25) is 5.88 Å². The Morgan fingerprint density at radius 3 is 3.19 bits per heavy atom. The first-order valence-electron chi connectivity index (χ1n) is 5.80. The van der Waals surface area contributed by atoms with E-state index in [-0.39, 0.29) is 0 Å². The molecule has 1 fully saturated rings.